The first kappa shape index (κ1) is 11.8. The van der Waals surface area contributed by atoms with Gasteiger partial charge in [-0.1, -0.05) is 0 Å². The van der Waals surface area contributed by atoms with Crippen LogP contribution >= 0.6 is 11.8 Å². The van der Waals surface area contributed by atoms with Crippen LogP contribution in [0.2, 0.25) is 0 Å². The highest BCUT2D eigenvalue weighted by atomic mass is 32.2. The van der Waals surface area contributed by atoms with Gasteiger partial charge in [-0.25, -0.2) is 0 Å². The summed E-state index contributed by atoms with van der Waals surface area (Å²) < 4.78 is 0. The van der Waals surface area contributed by atoms with Crippen molar-refractivity contribution in [3.63, 3.8) is 0 Å². The lowest BCUT2D eigenvalue weighted by atomic mass is 10.4. The summed E-state index contributed by atoms with van der Waals surface area (Å²) >= 11 is 1.77. The summed E-state index contributed by atoms with van der Waals surface area (Å²) in [6.45, 7) is 5.24. The van der Waals surface area contributed by atoms with E-state index in [0.717, 1.165) is 12.3 Å². The maximum Gasteiger partial charge on any atom is 0.234 e. The van der Waals surface area contributed by atoms with Crippen LogP contribution in [-0.4, -0.2) is 37.0 Å². The van der Waals surface area contributed by atoms with E-state index in [9.17, 15) is 4.79 Å². The predicted molar refractivity (Wildman–Crippen MR) is 54.5 cm³/mol. The van der Waals surface area contributed by atoms with Gasteiger partial charge < -0.3 is 10.6 Å². The van der Waals surface area contributed by atoms with Crippen molar-refractivity contribution < 1.29 is 4.79 Å². The quantitative estimate of drug-likeness (QED) is 0.598. The molecular weight excluding hydrogens is 172 g/mol. The Morgan fingerprint density at radius 2 is 2.17 bits per heavy atom. The van der Waals surface area contributed by atoms with Crippen LogP contribution in [0.15, 0.2) is 0 Å². The van der Waals surface area contributed by atoms with Crippen molar-refractivity contribution in [3.05, 3.63) is 0 Å². The normalized spacial score (nSPS) is 10.3. The van der Waals surface area contributed by atoms with Crippen LogP contribution in [0.1, 0.15) is 13.8 Å². The maximum atomic E-state index is 11.0. The first-order valence-electron chi connectivity index (χ1n) is 4.16. The molecule has 0 aromatic heterocycles. The minimum atomic E-state index is 0.0751. The molecule has 1 amide bonds. The summed E-state index contributed by atoms with van der Waals surface area (Å²) in [5.41, 5.74) is 0. The van der Waals surface area contributed by atoms with Crippen molar-refractivity contribution in [3.8, 4) is 0 Å². The van der Waals surface area contributed by atoms with Crippen molar-refractivity contribution >= 4 is 17.7 Å². The second kappa shape index (κ2) is 7.43. The van der Waals surface area contributed by atoms with Gasteiger partial charge in [-0.3, -0.25) is 4.79 Å². The number of hydrogen-bond acceptors (Lipinski definition) is 3. The van der Waals surface area contributed by atoms with Crippen molar-refractivity contribution in [2.45, 2.75) is 19.9 Å². The molecule has 0 saturated carbocycles. The number of rotatable bonds is 6. The van der Waals surface area contributed by atoms with E-state index in [1.54, 1.807) is 11.8 Å². The van der Waals surface area contributed by atoms with Gasteiger partial charge in [-0.05, 0) is 20.1 Å². The predicted octanol–water partition coefficient (Wildman–Crippen LogP) is 0.464. The van der Waals surface area contributed by atoms with Crippen molar-refractivity contribution in [2.24, 2.45) is 0 Å². The minimum Gasteiger partial charge on any atom is -0.353 e. The molecule has 0 unspecified atom stereocenters. The third-order valence-corrected chi connectivity index (χ3v) is 1.83. The first-order valence-corrected chi connectivity index (χ1v) is 5.55. The molecule has 0 aromatic rings. The molecule has 2 N–H and O–H groups in total. The standard InChI is InChI=1S/C8H18N2OS/c1-7(2)10-8(11)6-9-4-5-12-3/h7,9H,4-6H2,1-3H3,(H,10,11). The number of carbonyl (C=O) groups excluding carboxylic acids is 1. The largest absolute Gasteiger partial charge is 0.353 e. The van der Waals surface area contributed by atoms with Gasteiger partial charge in [0, 0.05) is 18.3 Å². The Hall–Kier alpha value is -0.220. The molecule has 72 valence electrons. The number of carbonyl (C=O) groups is 1. The fourth-order valence-corrected chi connectivity index (χ4v) is 1.10. The lowest BCUT2D eigenvalue weighted by Gasteiger charge is -2.08. The van der Waals surface area contributed by atoms with Gasteiger partial charge in [0.15, 0.2) is 0 Å². The molecular formula is C8H18N2OS. The van der Waals surface area contributed by atoms with Crippen molar-refractivity contribution in [2.75, 3.05) is 25.1 Å². The maximum absolute atomic E-state index is 11.0. The Morgan fingerprint density at radius 1 is 1.50 bits per heavy atom. The van der Waals surface area contributed by atoms with Crippen LogP contribution < -0.4 is 10.6 Å². The Bertz CT molecular complexity index is 128. The van der Waals surface area contributed by atoms with E-state index in [1.165, 1.54) is 0 Å². The molecule has 0 bridgehead atoms. The zero-order valence-electron chi connectivity index (χ0n) is 8.02. The highest BCUT2D eigenvalue weighted by Gasteiger charge is 2.00. The van der Waals surface area contributed by atoms with Gasteiger partial charge in [0.2, 0.25) is 5.91 Å². The molecule has 0 atom stereocenters. The SMILES string of the molecule is CSCCNCC(=O)NC(C)C. The van der Waals surface area contributed by atoms with Crippen LogP contribution in [0.4, 0.5) is 0 Å². The molecule has 12 heavy (non-hydrogen) atoms. The van der Waals surface area contributed by atoms with E-state index in [4.69, 9.17) is 0 Å². The summed E-state index contributed by atoms with van der Waals surface area (Å²) in [7, 11) is 0. The van der Waals surface area contributed by atoms with E-state index in [0.29, 0.717) is 6.54 Å². The van der Waals surface area contributed by atoms with Crippen LogP contribution in [0, 0.1) is 0 Å². The molecule has 0 aliphatic rings. The molecule has 0 fully saturated rings. The number of thioether (sulfide) groups is 1. The van der Waals surface area contributed by atoms with Gasteiger partial charge in [0.05, 0.1) is 6.54 Å². The van der Waals surface area contributed by atoms with Crippen molar-refractivity contribution in [1.29, 1.82) is 0 Å². The third kappa shape index (κ3) is 7.88. The van der Waals surface area contributed by atoms with Gasteiger partial charge in [-0.2, -0.15) is 11.8 Å². The molecule has 0 spiro atoms. The van der Waals surface area contributed by atoms with Crippen LogP contribution in [-0.2, 0) is 4.79 Å². The Balaban J connectivity index is 3.20. The molecule has 0 radical (unpaired) electrons. The summed E-state index contributed by atoms with van der Waals surface area (Å²) in [4.78, 5) is 11.0. The second-order valence-corrected chi connectivity index (χ2v) is 3.88. The van der Waals surface area contributed by atoms with E-state index in [-0.39, 0.29) is 11.9 Å². The van der Waals surface area contributed by atoms with Gasteiger partial charge in [0.1, 0.15) is 0 Å². The third-order valence-electron chi connectivity index (χ3n) is 1.22. The van der Waals surface area contributed by atoms with Crippen molar-refractivity contribution in [1.82, 2.24) is 10.6 Å². The Labute approximate surface area is 78.7 Å². The van der Waals surface area contributed by atoms with E-state index in [1.807, 2.05) is 13.8 Å². The summed E-state index contributed by atoms with van der Waals surface area (Å²) in [6, 6.07) is 0.236. The van der Waals surface area contributed by atoms with Crippen LogP contribution in [0.3, 0.4) is 0 Å². The zero-order valence-corrected chi connectivity index (χ0v) is 8.83. The smallest absolute Gasteiger partial charge is 0.234 e. The second-order valence-electron chi connectivity index (χ2n) is 2.89. The number of hydrogen-bond donors (Lipinski definition) is 2. The van der Waals surface area contributed by atoms with E-state index in [2.05, 4.69) is 16.9 Å². The van der Waals surface area contributed by atoms with Crippen LogP contribution in [0.5, 0.6) is 0 Å². The molecule has 0 heterocycles. The molecule has 0 saturated heterocycles. The number of nitrogens with one attached hydrogen (secondary N) is 2. The summed E-state index contributed by atoms with van der Waals surface area (Å²) in [5, 5.41) is 5.87. The molecule has 0 aliphatic heterocycles. The number of amides is 1. The molecule has 0 rings (SSSR count). The summed E-state index contributed by atoms with van der Waals surface area (Å²) in [5.74, 6) is 1.13. The fraction of sp³-hybridized carbons (Fsp3) is 0.875. The van der Waals surface area contributed by atoms with E-state index >= 15 is 0 Å². The van der Waals surface area contributed by atoms with Gasteiger partial charge >= 0.3 is 0 Å². The zero-order chi connectivity index (χ0) is 9.40. The Morgan fingerprint density at radius 3 is 2.67 bits per heavy atom. The average molecular weight is 190 g/mol. The highest BCUT2D eigenvalue weighted by Crippen LogP contribution is 1.86. The lowest BCUT2D eigenvalue weighted by molar-refractivity contribution is -0.120. The van der Waals surface area contributed by atoms with Gasteiger partial charge in [-0.15, -0.1) is 0 Å². The first-order chi connectivity index (χ1) is 5.66. The topological polar surface area (TPSA) is 41.1 Å². The molecule has 4 heteroatoms. The average Bonchev–Trinajstić information content (AvgIpc) is 1.97. The Kier molecular flexibility index (Phi) is 7.29. The minimum absolute atomic E-state index is 0.0751. The highest BCUT2D eigenvalue weighted by molar-refractivity contribution is 7.98. The van der Waals surface area contributed by atoms with E-state index < -0.39 is 0 Å². The van der Waals surface area contributed by atoms with Crippen LogP contribution in [0.25, 0.3) is 0 Å². The molecule has 3 nitrogen and oxygen atoms in total. The fourth-order valence-electron chi connectivity index (χ4n) is 0.749. The summed E-state index contributed by atoms with van der Waals surface area (Å²) in [6.07, 6.45) is 2.05. The molecule has 0 aliphatic carbocycles. The molecule has 0 aromatic carbocycles. The lowest BCUT2D eigenvalue weighted by Crippen LogP contribution is -2.38. The van der Waals surface area contributed by atoms with Gasteiger partial charge in [0.25, 0.3) is 0 Å². The monoisotopic (exact) mass is 190 g/mol.